The molecule has 6 heteroatoms. The number of hydrogen-bond acceptors (Lipinski definition) is 3. The van der Waals surface area contributed by atoms with Gasteiger partial charge < -0.3 is 0 Å². The molecule has 86 valence electrons. The standard InChI is InChI=1S/C10H8F3NO2/c11-10(12,13)8-3-1-7(2-4-8)9(15)5-6-14-16/h1-6,14,16H. The maximum absolute atomic E-state index is 12.2. The van der Waals surface area contributed by atoms with Crippen molar-refractivity contribution in [3.63, 3.8) is 0 Å². The molecule has 0 aliphatic carbocycles. The van der Waals surface area contributed by atoms with E-state index in [0.29, 0.717) is 0 Å². The Bertz CT molecular complexity index is 396. The smallest absolute Gasteiger partial charge is 0.292 e. The van der Waals surface area contributed by atoms with Crippen LogP contribution in [0.1, 0.15) is 15.9 Å². The number of alkyl halides is 3. The molecule has 3 nitrogen and oxygen atoms in total. The van der Waals surface area contributed by atoms with Crippen LogP contribution in [0.5, 0.6) is 0 Å². The third-order valence-electron chi connectivity index (χ3n) is 1.81. The number of allylic oxidation sites excluding steroid dienone is 1. The molecule has 1 aromatic carbocycles. The quantitative estimate of drug-likeness (QED) is 0.477. The molecule has 2 N–H and O–H groups in total. The zero-order chi connectivity index (χ0) is 12.2. The highest BCUT2D eigenvalue weighted by molar-refractivity contribution is 6.04. The third-order valence-corrected chi connectivity index (χ3v) is 1.81. The molecule has 0 heterocycles. The van der Waals surface area contributed by atoms with E-state index in [2.05, 4.69) is 0 Å². The minimum absolute atomic E-state index is 0.111. The Labute approximate surface area is 89.2 Å². The van der Waals surface area contributed by atoms with Gasteiger partial charge in [0, 0.05) is 17.8 Å². The van der Waals surface area contributed by atoms with Gasteiger partial charge in [0.05, 0.1) is 5.56 Å². The van der Waals surface area contributed by atoms with Crippen LogP contribution in [0, 0.1) is 0 Å². The highest BCUT2D eigenvalue weighted by Gasteiger charge is 2.30. The van der Waals surface area contributed by atoms with Gasteiger partial charge in [0.2, 0.25) is 0 Å². The molecule has 0 amide bonds. The second-order valence-corrected chi connectivity index (χ2v) is 2.90. The molecule has 0 atom stereocenters. The SMILES string of the molecule is O=C(C=CNO)c1ccc(C(F)(F)F)cc1. The van der Waals surface area contributed by atoms with Gasteiger partial charge in [-0.3, -0.25) is 15.5 Å². The van der Waals surface area contributed by atoms with Crippen molar-refractivity contribution in [1.29, 1.82) is 0 Å². The van der Waals surface area contributed by atoms with Crippen LogP contribution in [0.3, 0.4) is 0 Å². The molecule has 0 saturated carbocycles. The largest absolute Gasteiger partial charge is 0.416 e. The van der Waals surface area contributed by atoms with Gasteiger partial charge >= 0.3 is 6.18 Å². The van der Waals surface area contributed by atoms with Crippen LogP contribution in [0.25, 0.3) is 0 Å². The van der Waals surface area contributed by atoms with Crippen LogP contribution in [-0.4, -0.2) is 11.0 Å². The maximum Gasteiger partial charge on any atom is 0.416 e. The highest BCUT2D eigenvalue weighted by Crippen LogP contribution is 2.29. The lowest BCUT2D eigenvalue weighted by Crippen LogP contribution is -2.05. The van der Waals surface area contributed by atoms with Crippen molar-refractivity contribution >= 4 is 5.78 Å². The van der Waals surface area contributed by atoms with Crippen molar-refractivity contribution < 1.29 is 23.2 Å². The average Bonchev–Trinajstić information content (AvgIpc) is 2.25. The number of hydrogen-bond donors (Lipinski definition) is 2. The molecule has 0 saturated heterocycles. The highest BCUT2D eigenvalue weighted by atomic mass is 19.4. The summed E-state index contributed by atoms with van der Waals surface area (Å²) >= 11 is 0. The van der Waals surface area contributed by atoms with E-state index < -0.39 is 17.5 Å². The van der Waals surface area contributed by atoms with Gasteiger partial charge in [0.15, 0.2) is 5.78 Å². The summed E-state index contributed by atoms with van der Waals surface area (Å²) in [6.07, 6.45) is -2.44. The summed E-state index contributed by atoms with van der Waals surface area (Å²) in [5, 5.41) is 8.18. The molecule has 1 rings (SSSR count). The second kappa shape index (κ2) is 4.80. The van der Waals surface area contributed by atoms with Crippen molar-refractivity contribution in [2.75, 3.05) is 0 Å². The van der Waals surface area contributed by atoms with E-state index in [4.69, 9.17) is 5.21 Å². The zero-order valence-electron chi connectivity index (χ0n) is 7.95. The van der Waals surface area contributed by atoms with Gasteiger partial charge in [-0.25, -0.2) is 0 Å². The molecule has 1 aromatic rings. The van der Waals surface area contributed by atoms with Crippen molar-refractivity contribution in [3.8, 4) is 0 Å². The van der Waals surface area contributed by atoms with Gasteiger partial charge in [-0.05, 0) is 12.1 Å². The van der Waals surface area contributed by atoms with Crippen molar-refractivity contribution in [3.05, 3.63) is 47.7 Å². The summed E-state index contributed by atoms with van der Waals surface area (Å²) in [6, 6.07) is 3.81. The Kier molecular flexibility index (Phi) is 3.68. The van der Waals surface area contributed by atoms with Crippen LogP contribution < -0.4 is 5.48 Å². The molecule has 0 aliphatic rings. The maximum atomic E-state index is 12.2. The Morgan fingerprint density at radius 1 is 1.25 bits per heavy atom. The number of benzene rings is 1. The van der Waals surface area contributed by atoms with Crippen molar-refractivity contribution in [2.24, 2.45) is 0 Å². The van der Waals surface area contributed by atoms with Crippen LogP contribution in [0.4, 0.5) is 13.2 Å². The first-order valence-electron chi connectivity index (χ1n) is 4.23. The van der Waals surface area contributed by atoms with E-state index in [0.717, 1.165) is 36.5 Å². The number of ketones is 1. The van der Waals surface area contributed by atoms with E-state index in [-0.39, 0.29) is 5.56 Å². The van der Waals surface area contributed by atoms with E-state index in [1.165, 1.54) is 0 Å². The fourth-order valence-corrected chi connectivity index (χ4v) is 1.03. The zero-order valence-corrected chi connectivity index (χ0v) is 7.95. The normalized spacial score (nSPS) is 11.8. The Hall–Kier alpha value is -1.82. The monoisotopic (exact) mass is 231 g/mol. The fourth-order valence-electron chi connectivity index (χ4n) is 1.03. The van der Waals surface area contributed by atoms with Gasteiger partial charge in [-0.15, -0.1) is 0 Å². The van der Waals surface area contributed by atoms with Crippen molar-refractivity contribution in [2.45, 2.75) is 6.18 Å². The molecule has 0 aliphatic heterocycles. The van der Waals surface area contributed by atoms with Gasteiger partial charge in [-0.1, -0.05) is 12.1 Å². The summed E-state index contributed by atoms with van der Waals surface area (Å²) in [6.45, 7) is 0. The van der Waals surface area contributed by atoms with E-state index in [9.17, 15) is 18.0 Å². The van der Waals surface area contributed by atoms with Gasteiger partial charge in [0.25, 0.3) is 0 Å². The Balaban J connectivity index is 2.87. The number of nitrogens with one attached hydrogen (secondary N) is 1. The molecular formula is C10H8F3NO2. The fraction of sp³-hybridized carbons (Fsp3) is 0.100. The van der Waals surface area contributed by atoms with E-state index in [1.54, 1.807) is 5.48 Å². The number of carbonyl (C=O) groups excluding carboxylic acids is 1. The minimum atomic E-state index is -4.41. The summed E-state index contributed by atoms with van der Waals surface area (Å²) in [4.78, 5) is 11.2. The summed E-state index contributed by atoms with van der Waals surface area (Å²) in [5.41, 5.74) is 0.922. The summed E-state index contributed by atoms with van der Waals surface area (Å²) < 4.78 is 36.5. The predicted octanol–water partition coefficient (Wildman–Crippen LogP) is 2.38. The lowest BCUT2D eigenvalue weighted by Gasteiger charge is -2.06. The van der Waals surface area contributed by atoms with Crippen LogP contribution in [0.15, 0.2) is 36.5 Å². The molecule has 16 heavy (non-hydrogen) atoms. The predicted molar refractivity (Wildman–Crippen MR) is 49.8 cm³/mol. The van der Waals surface area contributed by atoms with E-state index in [1.807, 2.05) is 0 Å². The molecule has 0 unspecified atom stereocenters. The number of halogens is 3. The minimum Gasteiger partial charge on any atom is -0.292 e. The van der Waals surface area contributed by atoms with Gasteiger partial charge in [0.1, 0.15) is 0 Å². The topological polar surface area (TPSA) is 49.3 Å². The third kappa shape index (κ3) is 3.09. The Morgan fingerprint density at radius 3 is 2.25 bits per heavy atom. The number of hydroxylamine groups is 1. The summed E-state index contributed by atoms with van der Waals surface area (Å²) in [5.74, 6) is -0.504. The first-order chi connectivity index (χ1) is 7.45. The van der Waals surface area contributed by atoms with Crippen molar-refractivity contribution in [1.82, 2.24) is 5.48 Å². The second-order valence-electron chi connectivity index (χ2n) is 2.90. The van der Waals surface area contributed by atoms with E-state index >= 15 is 0 Å². The number of rotatable bonds is 3. The van der Waals surface area contributed by atoms with Crippen LogP contribution >= 0.6 is 0 Å². The molecule has 0 spiro atoms. The lowest BCUT2D eigenvalue weighted by atomic mass is 10.1. The average molecular weight is 231 g/mol. The molecular weight excluding hydrogens is 223 g/mol. The van der Waals surface area contributed by atoms with Crippen LogP contribution in [-0.2, 0) is 6.18 Å². The molecule has 0 aromatic heterocycles. The molecule has 0 bridgehead atoms. The Morgan fingerprint density at radius 2 is 1.81 bits per heavy atom. The first kappa shape index (κ1) is 12.3. The van der Waals surface area contributed by atoms with Gasteiger partial charge in [-0.2, -0.15) is 13.2 Å². The first-order valence-corrected chi connectivity index (χ1v) is 4.23. The lowest BCUT2D eigenvalue weighted by molar-refractivity contribution is -0.137. The number of carbonyl (C=O) groups is 1. The molecule has 0 radical (unpaired) electrons. The summed E-state index contributed by atoms with van der Waals surface area (Å²) in [7, 11) is 0. The van der Waals surface area contributed by atoms with Crippen LogP contribution in [0.2, 0.25) is 0 Å². The molecule has 0 fully saturated rings.